The maximum Gasteiger partial charge on any atom is 0.243 e. The molecule has 3 rings (SSSR count). The normalized spacial score (nSPS) is 18.5. The summed E-state index contributed by atoms with van der Waals surface area (Å²) < 4.78 is 52.6. The molecule has 0 radical (unpaired) electrons. The molecule has 6 nitrogen and oxygen atoms in total. The fraction of sp³-hybridized carbons (Fsp3) is 0.316. The van der Waals surface area contributed by atoms with Gasteiger partial charge in [-0.25, -0.2) is 16.8 Å². The van der Waals surface area contributed by atoms with E-state index in [4.69, 9.17) is 0 Å². The lowest BCUT2D eigenvalue weighted by Gasteiger charge is -2.24. The molecule has 1 aliphatic rings. The number of sulfone groups is 1. The number of carbonyl (C=O) groups is 1. The fourth-order valence-corrected chi connectivity index (χ4v) is 6.67. The molecule has 0 aromatic heterocycles. The summed E-state index contributed by atoms with van der Waals surface area (Å²) in [5.41, 5.74) is 0.429. The lowest BCUT2D eigenvalue weighted by Crippen LogP contribution is -2.39. The van der Waals surface area contributed by atoms with Crippen LogP contribution in [0.15, 0.2) is 64.4 Å². The van der Waals surface area contributed by atoms with Gasteiger partial charge in [-0.2, -0.15) is 4.31 Å². The summed E-state index contributed by atoms with van der Waals surface area (Å²) in [4.78, 5) is 11.6. The van der Waals surface area contributed by atoms with Crippen molar-refractivity contribution in [1.29, 1.82) is 0 Å². The molecule has 144 valence electrons. The molecule has 0 N–H and O–H groups in total. The number of Topliss-reactive ketones (excluding diaryl/α,β-unsaturated/α-hetero) is 1. The van der Waals surface area contributed by atoms with Gasteiger partial charge in [-0.3, -0.25) is 4.79 Å². The van der Waals surface area contributed by atoms with E-state index in [0.717, 1.165) is 0 Å². The third-order valence-corrected chi connectivity index (χ3v) is 8.48. The number of hydrogen-bond acceptors (Lipinski definition) is 5. The van der Waals surface area contributed by atoms with Crippen molar-refractivity contribution in [2.24, 2.45) is 0 Å². The van der Waals surface area contributed by atoms with E-state index in [1.54, 1.807) is 18.2 Å². The van der Waals surface area contributed by atoms with E-state index < -0.39 is 25.9 Å². The highest BCUT2D eigenvalue weighted by Gasteiger charge is 2.38. The van der Waals surface area contributed by atoms with Crippen LogP contribution in [0.25, 0.3) is 0 Å². The van der Waals surface area contributed by atoms with Crippen molar-refractivity contribution in [2.45, 2.75) is 35.6 Å². The second kappa shape index (κ2) is 7.53. The van der Waals surface area contributed by atoms with E-state index in [9.17, 15) is 21.6 Å². The number of sulfonamides is 1. The molecule has 0 aliphatic carbocycles. The summed E-state index contributed by atoms with van der Waals surface area (Å²) in [6.07, 6.45) is 1.11. The molecule has 1 aliphatic heterocycles. The van der Waals surface area contributed by atoms with E-state index in [0.29, 0.717) is 18.4 Å². The minimum absolute atomic E-state index is 0.0662. The summed E-state index contributed by atoms with van der Waals surface area (Å²) in [6.45, 7) is 1.69. The Morgan fingerprint density at radius 2 is 1.59 bits per heavy atom. The van der Waals surface area contributed by atoms with Crippen LogP contribution in [-0.4, -0.2) is 45.3 Å². The Bertz CT molecular complexity index is 1030. The van der Waals surface area contributed by atoms with Crippen molar-refractivity contribution in [2.75, 3.05) is 12.3 Å². The standard InChI is InChI=1S/C19H21NO5S2/c1-15(21)16-9-11-19(12-10-16)27(24,25)20-13-5-6-17(20)14-26(22,23)18-7-3-2-4-8-18/h2-4,7-12,17H,5-6,13-14H2,1H3/t17-/m1/s1. The van der Waals surface area contributed by atoms with E-state index in [-0.39, 0.29) is 27.9 Å². The van der Waals surface area contributed by atoms with Crippen LogP contribution in [-0.2, 0) is 19.9 Å². The molecular weight excluding hydrogens is 386 g/mol. The second-order valence-electron chi connectivity index (χ2n) is 6.59. The zero-order chi connectivity index (χ0) is 19.7. The van der Waals surface area contributed by atoms with Gasteiger partial charge in [-0.15, -0.1) is 0 Å². The van der Waals surface area contributed by atoms with Gasteiger partial charge < -0.3 is 0 Å². The molecule has 1 saturated heterocycles. The molecule has 0 bridgehead atoms. The summed E-state index contributed by atoms with van der Waals surface area (Å²) in [7, 11) is -7.42. The highest BCUT2D eigenvalue weighted by Crippen LogP contribution is 2.28. The van der Waals surface area contributed by atoms with Crippen LogP contribution in [0.2, 0.25) is 0 Å². The molecule has 2 aromatic carbocycles. The van der Waals surface area contributed by atoms with Crippen LogP contribution in [0, 0.1) is 0 Å². The molecule has 0 spiro atoms. The van der Waals surface area contributed by atoms with Crippen molar-refractivity contribution in [3.8, 4) is 0 Å². The molecule has 1 heterocycles. The Morgan fingerprint density at radius 3 is 2.19 bits per heavy atom. The first-order valence-corrected chi connectivity index (χ1v) is 11.7. The van der Waals surface area contributed by atoms with Crippen LogP contribution in [0.3, 0.4) is 0 Å². The SMILES string of the molecule is CC(=O)c1ccc(S(=O)(=O)N2CCC[C@@H]2CS(=O)(=O)c2ccccc2)cc1. The minimum Gasteiger partial charge on any atom is -0.295 e. The van der Waals surface area contributed by atoms with Crippen LogP contribution in [0.5, 0.6) is 0 Å². The lowest BCUT2D eigenvalue weighted by molar-refractivity contribution is 0.101. The third kappa shape index (κ3) is 4.12. The van der Waals surface area contributed by atoms with E-state index in [1.807, 2.05) is 0 Å². The van der Waals surface area contributed by atoms with Crippen molar-refractivity contribution in [3.05, 3.63) is 60.2 Å². The van der Waals surface area contributed by atoms with E-state index in [1.165, 1.54) is 47.6 Å². The van der Waals surface area contributed by atoms with Gasteiger partial charge in [0.15, 0.2) is 15.6 Å². The largest absolute Gasteiger partial charge is 0.295 e. The van der Waals surface area contributed by atoms with Crippen LogP contribution < -0.4 is 0 Å². The number of ketones is 1. The van der Waals surface area contributed by atoms with Crippen LogP contribution >= 0.6 is 0 Å². The monoisotopic (exact) mass is 407 g/mol. The van der Waals surface area contributed by atoms with Crippen LogP contribution in [0.1, 0.15) is 30.1 Å². The molecule has 0 amide bonds. The average Bonchev–Trinajstić information content (AvgIpc) is 3.11. The summed E-state index contributed by atoms with van der Waals surface area (Å²) in [5.74, 6) is -0.395. The number of rotatable bonds is 6. The predicted molar refractivity (Wildman–Crippen MR) is 102 cm³/mol. The first kappa shape index (κ1) is 19.7. The smallest absolute Gasteiger partial charge is 0.243 e. The summed E-state index contributed by atoms with van der Waals surface area (Å²) in [6, 6.07) is 13.2. The zero-order valence-corrected chi connectivity index (χ0v) is 16.5. The lowest BCUT2D eigenvalue weighted by atomic mass is 10.2. The number of carbonyl (C=O) groups excluding carboxylic acids is 1. The summed E-state index contributed by atoms with van der Waals surface area (Å²) >= 11 is 0. The molecular formula is C19H21NO5S2. The van der Waals surface area contributed by atoms with Gasteiger partial charge in [0, 0.05) is 18.2 Å². The highest BCUT2D eigenvalue weighted by molar-refractivity contribution is 7.91. The maximum atomic E-state index is 13.0. The fourth-order valence-electron chi connectivity index (χ4n) is 3.27. The highest BCUT2D eigenvalue weighted by atomic mass is 32.2. The predicted octanol–water partition coefficient (Wildman–Crippen LogP) is 2.52. The van der Waals surface area contributed by atoms with E-state index in [2.05, 4.69) is 0 Å². The Hall–Kier alpha value is -2.03. The Morgan fingerprint density at radius 1 is 0.963 bits per heavy atom. The molecule has 27 heavy (non-hydrogen) atoms. The number of benzene rings is 2. The van der Waals surface area contributed by atoms with Crippen molar-refractivity contribution >= 4 is 25.6 Å². The van der Waals surface area contributed by atoms with Gasteiger partial charge in [0.05, 0.1) is 15.5 Å². The molecule has 8 heteroatoms. The average molecular weight is 408 g/mol. The Labute approximate surface area is 159 Å². The zero-order valence-electron chi connectivity index (χ0n) is 14.9. The Kier molecular flexibility index (Phi) is 5.50. The molecule has 0 saturated carbocycles. The summed E-state index contributed by atoms with van der Waals surface area (Å²) in [5, 5.41) is 0. The van der Waals surface area contributed by atoms with Crippen LogP contribution in [0.4, 0.5) is 0 Å². The first-order chi connectivity index (χ1) is 12.7. The maximum absolute atomic E-state index is 13.0. The first-order valence-electron chi connectivity index (χ1n) is 8.62. The molecule has 2 aromatic rings. The van der Waals surface area contributed by atoms with Crippen molar-refractivity contribution in [3.63, 3.8) is 0 Å². The van der Waals surface area contributed by atoms with Gasteiger partial charge in [0.2, 0.25) is 10.0 Å². The topological polar surface area (TPSA) is 88.6 Å². The third-order valence-electron chi connectivity index (χ3n) is 4.70. The van der Waals surface area contributed by atoms with Gasteiger partial charge in [0.1, 0.15) is 0 Å². The van der Waals surface area contributed by atoms with Gasteiger partial charge >= 0.3 is 0 Å². The van der Waals surface area contributed by atoms with Crippen molar-refractivity contribution in [1.82, 2.24) is 4.31 Å². The molecule has 1 atom stereocenters. The number of nitrogens with zero attached hydrogens (tertiary/aromatic N) is 1. The second-order valence-corrected chi connectivity index (χ2v) is 10.5. The van der Waals surface area contributed by atoms with Gasteiger partial charge in [-0.05, 0) is 44.0 Å². The van der Waals surface area contributed by atoms with Gasteiger partial charge in [0.25, 0.3) is 0 Å². The van der Waals surface area contributed by atoms with Crippen molar-refractivity contribution < 1.29 is 21.6 Å². The quantitative estimate of drug-likeness (QED) is 0.687. The van der Waals surface area contributed by atoms with Gasteiger partial charge in [-0.1, -0.05) is 30.3 Å². The van der Waals surface area contributed by atoms with E-state index >= 15 is 0 Å². The molecule has 0 unspecified atom stereocenters. The minimum atomic E-state index is -3.83. The Balaban J connectivity index is 1.86. The molecule has 1 fully saturated rings. The number of hydrogen-bond donors (Lipinski definition) is 0.